The molecule has 0 unspecified atom stereocenters. The highest BCUT2D eigenvalue weighted by Gasteiger charge is 2.26. The highest BCUT2D eigenvalue weighted by Crippen LogP contribution is 2.34. The molecule has 3 rings (SSSR count). The number of methoxy groups -OCH3 is 1. The standard InChI is InChI=1S/C18H15ClN2O5/c1-25-18(24)12-4-2-3-5-13(12)20-16(22)9-21-10-17(23)26-15-7-6-11(19)8-14(15)21/h2-8H,9-10H2,1H3,(H,20,22). The lowest BCUT2D eigenvalue weighted by Gasteiger charge is -2.29. The fraction of sp³-hybridized carbons (Fsp3) is 0.167. The summed E-state index contributed by atoms with van der Waals surface area (Å²) in [6, 6.07) is 11.3. The number of hydrogen-bond acceptors (Lipinski definition) is 6. The molecule has 8 heteroatoms. The minimum absolute atomic E-state index is 0.0839. The molecule has 0 atom stereocenters. The second-order valence-electron chi connectivity index (χ2n) is 5.53. The van der Waals surface area contributed by atoms with Crippen LogP contribution in [0.15, 0.2) is 42.5 Å². The van der Waals surface area contributed by atoms with Gasteiger partial charge in [0, 0.05) is 5.02 Å². The van der Waals surface area contributed by atoms with Gasteiger partial charge in [-0.2, -0.15) is 0 Å². The monoisotopic (exact) mass is 374 g/mol. The number of nitrogens with one attached hydrogen (secondary N) is 1. The van der Waals surface area contributed by atoms with Crippen LogP contribution in [0.25, 0.3) is 0 Å². The fourth-order valence-electron chi connectivity index (χ4n) is 2.60. The number of hydrogen-bond donors (Lipinski definition) is 1. The van der Waals surface area contributed by atoms with E-state index in [1.54, 1.807) is 47.4 Å². The number of fused-ring (bicyclic) bond motifs is 1. The van der Waals surface area contributed by atoms with Gasteiger partial charge < -0.3 is 19.7 Å². The van der Waals surface area contributed by atoms with E-state index in [1.165, 1.54) is 7.11 Å². The highest BCUT2D eigenvalue weighted by atomic mass is 35.5. The summed E-state index contributed by atoms with van der Waals surface area (Å²) in [4.78, 5) is 37.6. The maximum absolute atomic E-state index is 12.5. The molecule has 0 aromatic heterocycles. The number of halogens is 1. The van der Waals surface area contributed by atoms with Crippen molar-refractivity contribution in [3.63, 3.8) is 0 Å². The van der Waals surface area contributed by atoms with Crippen LogP contribution in [0.2, 0.25) is 5.02 Å². The molecule has 0 spiro atoms. The van der Waals surface area contributed by atoms with Crippen LogP contribution in [0.4, 0.5) is 11.4 Å². The second kappa shape index (κ2) is 7.45. The Morgan fingerprint density at radius 2 is 2.04 bits per heavy atom. The third-order valence-electron chi connectivity index (χ3n) is 3.75. The molecule has 26 heavy (non-hydrogen) atoms. The van der Waals surface area contributed by atoms with Crippen LogP contribution >= 0.6 is 11.6 Å². The minimum atomic E-state index is -0.556. The first-order valence-corrected chi connectivity index (χ1v) is 8.08. The van der Waals surface area contributed by atoms with Gasteiger partial charge in [0.2, 0.25) is 5.91 Å². The van der Waals surface area contributed by atoms with E-state index >= 15 is 0 Å². The van der Waals surface area contributed by atoms with Gasteiger partial charge in [-0.05, 0) is 30.3 Å². The topological polar surface area (TPSA) is 84.9 Å². The van der Waals surface area contributed by atoms with E-state index < -0.39 is 17.8 Å². The molecule has 1 aliphatic rings. The van der Waals surface area contributed by atoms with E-state index in [0.29, 0.717) is 22.1 Å². The normalized spacial score (nSPS) is 12.8. The molecular formula is C18H15ClN2O5. The van der Waals surface area contributed by atoms with E-state index in [0.717, 1.165) is 0 Å². The first-order chi connectivity index (χ1) is 12.5. The van der Waals surface area contributed by atoms with E-state index in [9.17, 15) is 14.4 Å². The lowest BCUT2D eigenvalue weighted by atomic mass is 10.1. The van der Waals surface area contributed by atoms with E-state index in [1.807, 2.05) is 0 Å². The Labute approximate surface area is 154 Å². The molecule has 0 aliphatic carbocycles. The van der Waals surface area contributed by atoms with Crippen LogP contribution in [-0.4, -0.2) is 38.0 Å². The lowest BCUT2D eigenvalue weighted by molar-refractivity contribution is -0.133. The predicted molar refractivity (Wildman–Crippen MR) is 95.7 cm³/mol. The smallest absolute Gasteiger partial charge is 0.339 e. The molecule has 1 heterocycles. The molecule has 0 saturated carbocycles. The van der Waals surface area contributed by atoms with E-state index in [2.05, 4.69) is 5.32 Å². The van der Waals surface area contributed by atoms with Gasteiger partial charge in [-0.25, -0.2) is 9.59 Å². The molecule has 134 valence electrons. The molecule has 7 nitrogen and oxygen atoms in total. The highest BCUT2D eigenvalue weighted by molar-refractivity contribution is 6.31. The van der Waals surface area contributed by atoms with Crippen molar-refractivity contribution in [2.24, 2.45) is 0 Å². The van der Waals surface area contributed by atoms with Crippen molar-refractivity contribution in [2.75, 3.05) is 30.4 Å². The fourth-order valence-corrected chi connectivity index (χ4v) is 2.77. The Balaban J connectivity index is 1.79. The number of carbonyl (C=O) groups is 3. The summed E-state index contributed by atoms with van der Waals surface area (Å²) in [5.41, 5.74) is 1.12. The van der Waals surface area contributed by atoms with Crippen LogP contribution < -0.4 is 15.0 Å². The summed E-state index contributed by atoms with van der Waals surface area (Å²) < 4.78 is 9.86. The lowest BCUT2D eigenvalue weighted by Crippen LogP contribution is -2.41. The van der Waals surface area contributed by atoms with Crippen molar-refractivity contribution in [2.45, 2.75) is 0 Å². The molecule has 0 fully saturated rings. The molecule has 1 amide bonds. The third kappa shape index (κ3) is 3.78. The van der Waals surface area contributed by atoms with Crippen molar-refractivity contribution in [1.82, 2.24) is 0 Å². The van der Waals surface area contributed by atoms with Crippen molar-refractivity contribution < 1.29 is 23.9 Å². The van der Waals surface area contributed by atoms with Crippen molar-refractivity contribution in [3.8, 4) is 5.75 Å². The molecule has 1 aliphatic heterocycles. The SMILES string of the molecule is COC(=O)c1ccccc1NC(=O)CN1CC(=O)Oc2ccc(Cl)cc21. The Hall–Kier alpha value is -3.06. The molecule has 1 N–H and O–H groups in total. The zero-order valence-corrected chi connectivity index (χ0v) is 14.6. The number of nitrogens with zero attached hydrogens (tertiary/aromatic N) is 1. The summed E-state index contributed by atoms with van der Waals surface area (Å²) >= 11 is 6.00. The second-order valence-corrected chi connectivity index (χ2v) is 5.96. The van der Waals surface area contributed by atoms with Crippen LogP contribution in [0.5, 0.6) is 5.75 Å². The maximum Gasteiger partial charge on any atom is 0.339 e. The molecule has 2 aromatic carbocycles. The van der Waals surface area contributed by atoms with Gasteiger partial charge in [-0.15, -0.1) is 0 Å². The number of amides is 1. The van der Waals surface area contributed by atoms with E-state index in [-0.39, 0.29) is 18.7 Å². The van der Waals surface area contributed by atoms with Crippen LogP contribution in [0, 0.1) is 0 Å². The van der Waals surface area contributed by atoms with Gasteiger partial charge in [-0.1, -0.05) is 23.7 Å². The molecule has 0 bridgehead atoms. The average Bonchev–Trinajstić information content (AvgIpc) is 2.62. The van der Waals surface area contributed by atoms with Crippen molar-refractivity contribution in [1.29, 1.82) is 0 Å². The number of esters is 2. The summed E-state index contributed by atoms with van der Waals surface area (Å²) in [6.45, 7) is -0.197. The molecule has 2 aromatic rings. The van der Waals surface area contributed by atoms with E-state index in [4.69, 9.17) is 21.1 Å². The molecule has 0 radical (unpaired) electrons. The zero-order valence-electron chi connectivity index (χ0n) is 13.8. The van der Waals surface area contributed by atoms with Gasteiger partial charge in [0.05, 0.1) is 30.6 Å². The first kappa shape index (κ1) is 17.8. The van der Waals surface area contributed by atoms with Gasteiger partial charge in [0.1, 0.15) is 6.54 Å². The average molecular weight is 375 g/mol. The Morgan fingerprint density at radius 1 is 1.27 bits per heavy atom. The summed E-state index contributed by atoms with van der Waals surface area (Å²) in [5, 5.41) is 3.13. The van der Waals surface area contributed by atoms with Gasteiger partial charge in [-0.3, -0.25) is 4.79 Å². The van der Waals surface area contributed by atoms with Crippen molar-refractivity contribution in [3.05, 3.63) is 53.1 Å². The summed E-state index contributed by atoms with van der Waals surface area (Å²) in [6.07, 6.45) is 0. The summed E-state index contributed by atoms with van der Waals surface area (Å²) in [7, 11) is 1.26. The third-order valence-corrected chi connectivity index (χ3v) is 3.98. The molecular weight excluding hydrogens is 360 g/mol. The van der Waals surface area contributed by atoms with Gasteiger partial charge >= 0.3 is 11.9 Å². The minimum Gasteiger partial charge on any atom is -0.465 e. The van der Waals surface area contributed by atoms with Crippen LogP contribution in [0.1, 0.15) is 10.4 Å². The summed E-state index contributed by atoms with van der Waals surface area (Å²) in [5.74, 6) is -1.09. The quantitative estimate of drug-likeness (QED) is 0.653. The van der Waals surface area contributed by atoms with Crippen molar-refractivity contribution >= 4 is 40.8 Å². The number of anilines is 2. The Bertz CT molecular complexity index is 884. The maximum atomic E-state index is 12.5. The van der Waals surface area contributed by atoms with Crippen LogP contribution in [-0.2, 0) is 14.3 Å². The number of carbonyl (C=O) groups excluding carboxylic acids is 3. The number of benzene rings is 2. The molecule has 0 saturated heterocycles. The van der Waals surface area contributed by atoms with Gasteiger partial charge in [0.25, 0.3) is 0 Å². The number of para-hydroxylation sites is 1. The van der Waals surface area contributed by atoms with Gasteiger partial charge in [0.15, 0.2) is 5.75 Å². The number of rotatable bonds is 4. The Kier molecular flexibility index (Phi) is 5.09. The largest absolute Gasteiger partial charge is 0.465 e. The van der Waals surface area contributed by atoms with Crippen LogP contribution in [0.3, 0.4) is 0 Å². The Morgan fingerprint density at radius 3 is 2.81 bits per heavy atom. The number of ether oxygens (including phenoxy) is 2. The predicted octanol–water partition coefficient (Wildman–Crippen LogP) is 2.49. The zero-order chi connectivity index (χ0) is 18.7. The first-order valence-electron chi connectivity index (χ1n) is 7.70.